The third-order valence-electron chi connectivity index (χ3n) is 4.70. The molecule has 1 aliphatic heterocycles. The largest absolute Gasteiger partial charge is 0.339 e. The van der Waals surface area contributed by atoms with E-state index in [0.29, 0.717) is 11.7 Å². The van der Waals surface area contributed by atoms with Crippen LogP contribution in [0, 0.1) is 6.92 Å². The van der Waals surface area contributed by atoms with E-state index in [4.69, 9.17) is 4.52 Å². The van der Waals surface area contributed by atoms with E-state index in [1.807, 2.05) is 18.2 Å². The Morgan fingerprint density at radius 1 is 1.08 bits per heavy atom. The van der Waals surface area contributed by atoms with Gasteiger partial charge in [0.1, 0.15) is 0 Å². The molecule has 2 aromatic carbocycles. The van der Waals surface area contributed by atoms with E-state index in [2.05, 4.69) is 58.4 Å². The molecule has 0 unspecified atom stereocenters. The standard InChI is InChI=1S/C20H21N3O/c1-15-7-5-6-10-18(15)19-21-20(24-22-19)17-11-12-23(14-17)13-16-8-3-2-4-9-16/h2-10,17H,11-14H2,1H3/t17-/m0/s1. The van der Waals surface area contributed by atoms with Crippen molar-refractivity contribution in [1.29, 1.82) is 0 Å². The maximum Gasteiger partial charge on any atom is 0.231 e. The molecule has 0 radical (unpaired) electrons. The van der Waals surface area contributed by atoms with Gasteiger partial charge in [0.05, 0.1) is 5.92 Å². The molecule has 1 aliphatic rings. The zero-order valence-corrected chi connectivity index (χ0v) is 13.9. The number of hydrogen-bond acceptors (Lipinski definition) is 4. The molecule has 4 heteroatoms. The molecule has 0 N–H and O–H groups in total. The third kappa shape index (κ3) is 3.10. The Kier molecular flexibility index (Phi) is 4.13. The minimum absolute atomic E-state index is 0.332. The smallest absolute Gasteiger partial charge is 0.231 e. The van der Waals surface area contributed by atoms with Crippen molar-refractivity contribution in [2.75, 3.05) is 13.1 Å². The Bertz CT molecular complexity index is 813. The van der Waals surface area contributed by atoms with Crippen molar-refractivity contribution in [3.63, 3.8) is 0 Å². The summed E-state index contributed by atoms with van der Waals surface area (Å²) in [6.45, 7) is 5.10. The van der Waals surface area contributed by atoms with Crippen molar-refractivity contribution in [3.8, 4) is 11.4 Å². The Morgan fingerprint density at radius 3 is 2.71 bits per heavy atom. The second-order valence-corrected chi connectivity index (χ2v) is 6.48. The Morgan fingerprint density at radius 2 is 1.88 bits per heavy atom. The number of likely N-dealkylation sites (tertiary alicyclic amines) is 1. The molecule has 3 aromatic rings. The Hall–Kier alpha value is -2.46. The van der Waals surface area contributed by atoms with Gasteiger partial charge in [0, 0.05) is 18.7 Å². The fraction of sp³-hybridized carbons (Fsp3) is 0.300. The predicted octanol–water partition coefficient (Wildman–Crippen LogP) is 4.03. The lowest BCUT2D eigenvalue weighted by molar-refractivity contribution is 0.309. The molecular weight excluding hydrogens is 298 g/mol. The van der Waals surface area contributed by atoms with E-state index in [9.17, 15) is 0 Å². The first-order chi connectivity index (χ1) is 11.8. The minimum Gasteiger partial charge on any atom is -0.339 e. The quantitative estimate of drug-likeness (QED) is 0.728. The molecule has 0 aliphatic carbocycles. The van der Waals surface area contributed by atoms with Crippen molar-refractivity contribution < 1.29 is 4.52 Å². The van der Waals surface area contributed by atoms with E-state index in [1.54, 1.807) is 0 Å². The average Bonchev–Trinajstić information content (AvgIpc) is 3.25. The number of aryl methyl sites for hydroxylation is 1. The number of aromatic nitrogens is 2. The van der Waals surface area contributed by atoms with Gasteiger partial charge in [-0.15, -0.1) is 0 Å². The summed E-state index contributed by atoms with van der Waals surface area (Å²) in [4.78, 5) is 7.12. The molecule has 0 bridgehead atoms. The first-order valence-electron chi connectivity index (χ1n) is 8.45. The van der Waals surface area contributed by atoms with Crippen LogP contribution in [0.2, 0.25) is 0 Å². The highest BCUT2D eigenvalue weighted by Gasteiger charge is 2.28. The molecule has 122 valence electrons. The molecule has 1 saturated heterocycles. The van der Waals surface area contributed by atoms with E-state index >= 15 is 0 Å². The van der Waals surface area contributed by atoms with Gasteiger partial charge in [-0.2, -0.15) is 4.98 Å². The van der Waals surface area contributed by atoms with Crippen LogP contribution in [0.1, 0.15) is 29.4 Å². The van der Waals surface area contributed by atoms with Crippen LogP contribution in [0.4, 0.5) is 0 Å². The number of rotatable bonds is 4. The monoisotopic (exact) mass is 319 g/mol. The van der Waals surface area contributed by atoms with Gasteiger partial charge in [0.2, 0.25) is 11.7 Å². The van der Waals surface area contributed by atoms with Gasteiger partial charge in [-0.25, -0.2) is 0 Å². The molecule has 0 saturated carbocycles. The fourth-order valence-electron chi connectivity index (χ4n) is 3.35. The molecule has 4 nitrogen and oxygen atoms in total. The molecule has 0 spiro atoms. The lowest BCUT2D eigenvalue weighted by Crippen LogP contribution is -2.19. The normalized spacial score (nSPS) is 18.1. The maximum atomic E-state index is 5.57. The molecule has 2 heterocycles. The first-order valence-corrected chi connectivity index (χ1v) is 8.45. The van der Waals surface area contributed by atoms with Gasteiger partial charge in [-0.1, -0.05) is 59.8 Å². The SMILES string of the molecule is Cc1ccccc1-c1noc([C@H]2CCN(Cc3ccccc3)C2)n1. The predicted molar refractivity (Wildman–Crippen MR) is 93.5 cm³/mol. The van der Waals surface area contributed by atoms with Crippen LogP contribution in [0.15, 0.2) is 59.1 Å². The molecule has 1 fully saturated rings. The fourth-order valence-corrected chi connectivity index (χ4v) is 3.35. The van der Waals surface area contributed by atoms with Gasteiger partial charge in [0.15, 0.2) is 0 Å². The summed E-state index contributed by atoms with van der Waals surface area (Å²) >= 11 is 0. The first kappa shape index (κ1) is 15.1. The van der Waals surface area contributed by atoms with Crippen LogP contribution in [0.5, 0.6) is 0 Å². The Labute approximate surface area is 142 Å². The second kappa shape index (κ2) is 6.57. The average molecular weight is 319 g/mol. The van der Waals surface area contributed by atoms with E-state index in [0.717, 1.165) is 37.5 Å². The van der Waals surface area contributed by atoms with E-state index in [1.165, 1.54) is 11.1 Å². The maximum absolute atomic E-state index is 5.57. The highest BCUT2D eigenvalue weighted by Crippen LogP contribution is 2.29. The van der Waals surface area contributed by atoms with Crippen molar-refractivity contribution >= 4 is 0 Å². The van der Waals surface area contributed by atoms with Gasteiger partial charge < -0.3 is 4.52 Å². The lowest BCUT2D eigenvalue weighted by atomic mass is 10.1. The van der Waals surface area contributed by atoms with Crippen LogP contribution < -0.4 is 0 Å². The van der Waals surface area contributed by atoms with Crippen LogP contribution in [0.3, 0.4) is 0 Å². The summed E-state index contributed by atoms with van der Waals surface area (Å²) < 4.78 is 5.57. The van der Waals surface area contributed by atoms with Gasteiger partial charge in [-0.3, -0.25) is 4.90 Å². The Balaban J connectivity index is 1.45. The van der Waals surface area contributed by atoms with E-state index < -0.39 is 0 Å². The minimum atomic E-state index is 0.332. The van der Waals surface area contributed by atoms with Gasteiger partial charge in [-0.05, 0) is 31.0 Å². The third-order valence-corrected chi connectivity index (χ3v) is 4.70. The summed E-state index contributed by atoms with van der Waals surface area (Å²) in [6.07, 6.45) is 1.07. The van der Waals surface area contributed by atoms with E-state index in [-0.39, 0.29) is 0 Å². The number of benzene rings is 2. The van der Waals surface area contributed by atoms with Crippen LogP contribution in [-0.4, -0.2) is 28.1 Å². The van der Waals surface area contributed by atoms with Gasteiger partial charge in [0.25, 0.3) is 0 Å². The summed E-state index contributed by atoms with van der Waals surface area (Å²) in [6, 6.07) is 18.7. The number of nitrogens with zero attached hydrogens (tertiary/aromatic N) is 3. The molecule has 1 aromatic heterocycles. The van der Waals surface area contributed by atoms with Crippen molar-refractivity contribution in [1.82, 2.24) is 15.0 Å². The second-order valence-electron chi connectivity index (χ2n) is 6.48. The molecule has 24 heavy (non-hydrogen) atoms. The lowest BCUT2D eigenvalue weighted by Gasteiger charge is -2.14. The van der Waals surface area contributed by atoms with Crippen molar-refractivity contribution in [2.24, 2.45) is 0 Å². The van der Waals surface area contributed by atoms with Gasteiger partial charge >= 0.3 is 0 Å². The molecule has 4 rings (SSSR count). The van der Waals surface area contributed by atoms with Crippen LogP contribution in [0.25, 0.3) is 11.4 Å². The summed E-state index contributed by atoms with van der Waals surface area (Å²) in [7, 11) is 0. The highest BCUT2D eigenvalue weighted by atomic mass is 16.5. The number of hydrogen-bond donors (Lipinski definition) is 0. The summed E-state index contributed by atoms with van der Waals surface area (Å²) in [5.41, 5.74) is 3.57. The summed E-state index contributed by atoms with van der Waals surface area (Å²) in [5.74, 6) is 1.80. The molecule has 1 atom stereocenters. The topological polar surface area (TPSA) is 42.2 Å². The van der Waals surface area contributed by atoms with Crippen LogP contribution >= 0.6 is 0 Å². The van der Waals surface area contributed by atoms with Crippen molar-refractivity contribution in [2.45, 2.75) is 25.8 Å². The van der Waals surface area contributed by atoms with Crippen LogP contribution in [-0.2, 0) is 6.54 Å². The molecular formula is C20H21N3O. The molecule has 0 amide bonds. The van der Waals surface area contributed by atoms with Crippen molar-refractivity contribution in [3.05, 3.63) is 71.6 Å². The highest BCUT2D eigenvalue weighted by molar-refractivity contribution is 5.59. The summed E-state index contributed by atoms with van der Waals surface area (Å²) in [5, 5.41) is 4.20. The zero-order chi connectivity index (χ0) is 16.4. The zero-order valence-electron chi connectivity index (χ0n) is 13.9.